The van der Waals surface area contributed by atoms with Gasteiger partial charge in [-0.25, -0.2) is 8.42 Å². The van der Waals surface area contributed by atoms with E-state index in [-0.39, 0.29) is 16.7 Å². The summed E-state index contributed by atoms with van der Waals surface area (Å²) in [4.78, 5) is 0.273. The van der Waals surface area contributed by atoms with Crippen LogP contribution >= 0.6 is 0 Å². The van der Waals surface area contributed by atoms with Crippen molar-refractivity contribution in [3.8, 4) is 11.8 Å². The number of nitrogens with zero attached hydrogens (tertiary/aromatic N) is 1. The lowest BCUT2D eigenvalue weighted by atomic mass is 10.1. The van der Waals surface area contributed by atoms with Crippen LogP contribution in [0.1, 0.15) is 12.8 Å². The summed E-state index contributed by atoms with van der Waals surface area (Å²) in [6, 6.07) is 6.74. The molecule has 5 nitrogen and oxygen atoms in total. The highest BCUT2D eigenvalue weighted by atomic mass is 32.2. The molecule has 0 bridgehead atoms. The van der Waals surface area contributed by atoms with Crippen LogP contribution in [0.2, 0.25) is 0 Å². The van der Waals surface area contributed by atoms with Gasteiger partial charge >= 0.3 is 0 Å². The normalized spacial score (nSPS) is 20.3. The highest BCUT2D eigenvalue weighted by molar-refractivity contribution is 7.91. The summed E-state index contributed by atoms with van der Waals surface area (Å²) in [7, 11) is -1.80. The van der Waals surface area contributed by atoms with Gasteiger partial charge in [-0.05, 0) is 18.6 Å². The monoisotopic (exact) mass is 266 g/mol. The van der Waals surface area contributed by atoms with E-state index >= 15 is 0 Å². The van der Waals surface area contributed by atoms with E-state index in [0.717, 1.165) is 0 Å². The first-order chi connectivity index (χ1) is 8.58. The molecule has 2 rings (SSSR count). The number of para-hydroxylation sites is 1. The lowest BCUT2D eigenvalue weighted by Gasteiger charge is -2.27. The van der Waals surface area contributed by atoms with Gasteiger partial charge in [0.25, 0.3) is 0 Å². The quantitative estimate of drug-likeness (QED) is 0.898. The lowest BCUT2D eigenvalue weighted by Crippen LogP contribution is -2.34. The molecule has 0 aliphatic carbocycles. The van der Waals surface area contributed by atoms with Crippen molar-refractivity contribution in [3.05, 3.63) is 18.2 Å². The van der Waals surface area contributed by atoms with Gasteiger partial charge < -0.3 is 10.1 Å². The Morgan fingerprint density at radius 1 is 1.56 bits per heavy atom. The Kier molecular flexibility index (Phi) is 3.43. The van der Waals surface area contributed by atoms with Crippen molar-refractivity contribution >= 4 is 15.5 Å². The molecule has 0 spiro atoms. The predicted octanol–water partition coefficient (Wildman–Crippen LogP) is 1.57. The Balaban J connectivity index is 2.41. The molecule has 1 aliphatic rings. The molecule has 96 valence electrons. The van der Waals surface area contributed by atoms with E-state index in [4.69, 9.17) is 10.00 Å². The second-order valence-electron chi connectivity index (χ2n) is 4.15. The molecule has 18 heavy (non-hydrogen) atoms. The largest absolute Gasteiger partial charge is 0.495 e. The van der Waals surface area contributed by atoms with Crippen molar-refractivity contribution in [2.45, 2.75) is 23.8 Å². The fourth-order valence-corrected chi connectivity index (χ4v) is 3.79. The van der Waals surface area contributed by atoms with Crippen LogP contribution in [-0.4, -0.2) is 27.3 Å². The summed E-state index contributed by atoms with van der Waals surface area (Å²) < 4.78 is 29.4. The third-order valence-electron chi connectivity index (χ3n) is 2.92. The average molecular weight is 266 g/mol. The minimum atomic E-state index is -3.31. The SMILES string of the molecule is COc1cccc2c1NC(CCC#N)CS2(=O)=O. The molecule has 0 fully saturated rings. The van der Waals surface area contributed by atoms with Crippen LogP contribution in [0.3, 0.4) is 0 Å². The van der Waals surface area contributed by atoms with Gasteiger partial charge in [0.1, 0.15) is 5.75 Å². The van der Waals surface area contributed by atoms with E-state index in [1.807, 2.05) is 6.07 Å². The van der Waals surface area contributed by atoms with Gasteiger partial charge in [0.2, 0.25) is 0 Å². The molecule has 0 aromatic heterocycles. The first kappa shape index (κ1) is 12.7. The van der Waals surface area contributed by atoms with Crippen LogP contribution < -0.4 is 10.1 Å². The molecule has 1 aromatic rings. The van der Waals surface area contributed by atoms with Gasteiger partial charge in [0.15, 0.2) is 9.84 Å². The molecular weight excluding hydrogens is 252 g/mol. The molecule has 0 amide bonds. The first-order valence-corrected chi connectivity index (χ1v) is 7.27. The Bertz CT molecular complexity index is 590. The topological polar surface area (TPSA) is 79.2 Å². The number of nitriles is 1. The number of sulfone groups is 1. The number of anilines is 1. The molecule has 1 N–H and O–H groups in total. The molecule has 1 heterocycles. The minimum absolute atomic E-state index is 0.0227. The summed E-state index contributed by atoms with van der Waals surface area (Å²) in [5.74, 6) is 0.534. The molecule has 0 saturated carbocycles. The maximum absolute atomic E-state index is 12.1. The van der Waals surface area contributed by atoms with Gasteiger partial charge in [0.05, 0.1) is 29.5 Å². The van der Waals surface area contributed by atoms with Crippen LogP contribution in [0.4, 0.5) is 5.69 Å². The molecule has 1 aromatic carbocycles. The second-order valence-corrected chi connectivity index (χ2v) is 6.16. The Morgan fingerprint density at radius 3 is 3.00 bits per heavy atom. The van der Waals surface area contributed by atoms with Crippen molar-refractivity contribution in [2.75, 3.05) is 18.2 Å². The zero-order valence-corrected chi connectivity index (χ0v) is 10.8. The number of benzene rings is 1. The van der Waals surface area contributed by atoms with Gasteiger partial charge in [0, 0.05) is 12.5 Å². The third-order valence-corrected chi connectivity index (χ3v) is 4.77. The van der Waals surface area contributed by atoms with Crippen molar-refractivity contribution in [1.82, 2.24) is 0 Å². The van der Waals surface area contributed by atoms with E-state index in [9.17, 15) is 8.42 Å². The van der Waals surface area contributed by atoms with Gasteiger partial charge in [-0.3, -0.25) is 0 Å². The Labute approximate surface area is 106 Å². The van der Waals surface area contributed by atoms with Crippen molar-refractivity contribution in [1.29, 1.82) is 5.26 Å². The van der Waals surface area contributed by atoms with E-state index in [2.05, 4.69) is 5.32 Å². The Hall–Kier alpha value is -1.74. The van der Waals surface area contributed by atoms with Crippen molar-refractivity contribution in [2.24, 2.45) is 0 Å². The number of ether oxygens (including phenoxy) is 1. The van der Waals surface area contributed by atoms with Crippen LogP contribution in [0.25, 0.3) is 0 Å². The fourth-order valence-electron chi connectivity index (χ4n) is 2.08. The smallest absolute Gasteiger partial charge is 0.182 e. The highest BCUT2D eigenvalue weighted by Crippen LogP contribution is 2.36. The third kappa shape index (κ3) is 2.27. The van der Waals surface area contributed by atoms with Crippen LogP contribution in [0.15, 0.2) is 23.1 Å². The maximum atomic E-state index is 12.1. The van der Waals surface area contributed by atoms with Gasteiger partial charge in [-0.1, -0.05) is 6.07 Å². The highest BCUT2D eigenvalue weighted by Gasteiger charge is 2.31. The lowest BCUT2D eigenvalue weighted by molar-refractivity contribution is 0.414. The van der Waals surface area contributed by atoms with Crippen LogP contribution in [-0.2, 0) is 9.84 Å². The Morgan fingerprint density at radius 2 is 2.33 bits per heavy atom. The van der Waals surface area contributed by atoms with Crippen molar-refractivity contribution in [3.63, 3.8) is 0 Å². The molecule has 6 heteroatoms. The van der Waals surface area contributed by atoms with Gasteiger partial charge in [-0.15, -0.1) is 0 Å². The molecule has 0 radical (unpaired) electrons. The van der Waals surface area contributed by atoms with E-state index in [1.165, 1.54) is 7.11 Å². The van der Waals surface area contributed by atoms with E-state index in [1.54, 1.807) is 18.2 Å². The average Bonchev–Trinajstić information content (AvgIpc) is 2.35. The summed E-state index contributed by atoms with van der Waals surface area (Å²) in [6.07, 6.45) is 0.838. The zero-order chi connectivity index (χ0) is 13.2. The number of nitrogens with one attached hydrogen (secondary N) is 1. The number of fused-ring (bicyclic) bond motifs is 1. The summed E-state index contributed by atoms with van der Waals surface area (Å²) in [5.41, 5.74) is 0.509. The van der Waals surface area contributed by atoms with Crippen LogP contribution in [0.5, 0.6) is 5.75 Å². The molecule has 1 unspecified atom stereocenters. The number of rotatable bonds is 3. The fraction of sp³-hybridized carbons (Fsp3) is 0.417. The predicted molar refractivity (Wildman–Crippen MR) is 67.3 cm³/mol. The molecule has 1 atom stereocenters. The van der Waals surface area contributed by atoms with Crippen molar-refractivity contribution < 1.29 is 13.2 Å². The second kappa shape index (κ2) is 4.86. The molecule has 1 aliphatic heterocycles. The standard InChI is InChI=1S/C12H14N2O3S/c1-17-10-5-2-6-11-12(10)14-9(4-3-7-13)8-18(11,15)16/h2,5-6,9,14H,3-4,8H2,1H3. The number of hydrogen-bond donors (Lipinski definition) is 1. The summed E-state index contributed by atoms with van der Waals surface area (Å²) >= 11 is 0. The summed E-state index contributed by atoms with van der Waals surface area (Å²) in [6.45, 7) is 0. The molecular formula is C12H14N2O3S. The summed E-state index contributed by atoms with van der Waals surface area (Å²) in [5, 5.41) is 11.7. The van der Waals surface area contributed by atoms with E-state index < -0.39 is 9.84 Å². The van der Waals surface area contributed by atoms with E-state index in [0.29, 0.717) is 24.3 Å². The number of methoxy groups -OCH3 is 1. The van der Waals surface area contributed by atoms with Crippen LogP contribution in [0, 0.1) is 11.3 Å². The minimum Gasteiger partial charge on any atom is -0.495 e. The first-order valence-electron chi connectivity index (χ1n) is 5.61. The zero-order valence-electron chi connectivity index (χ0n) is 10.0. The molecule has 0 saturated heterocycles. The van der Waals surface area contributed by atoms with Gasteiger partial charge in [-0.2, -0.15) is 5.26 Å². The number of hydrogen-bond acceptors (Lipinski definition) is 5. The maximum Gasteiger partial charge on any atom is 0.182 e.